The summed E-state index contributed by atoms with van der Waals surface area (Å²) in [5.41, 5.74) is 0.708. The Morgan fingerprint density at radius 3 is 2.37 bits per heavy atom. The SMILES string of the molecule is CC[C@H]1C[C@@H]2[C@H](CC[C@]3(C)[C@@H]([C@H](C)CCC(=O)CS(=O)(=O)c4ccccc4)CC[C@@H]23)[C@@]2(C)CC[C@@H](O)C[C@@H]12. The minimum atomic E-state index is -3.56. The fraction of sp³-hybridized carbons (Fsp3) is 0.788. The van der Waals surface area contributed by atoms with Crippen LogP contribution in [0.4, 0.5) is 0 Å². The topological polar surface area (TPSA) is 71.4 Å². The first kappa shape index (κ1) is 28.3. The number of Topliss-reactive ketones (excluding diaryl/α,β-unsaturated/α-hetero) is 1. The van der Waals surface area contributed by atoms with E-state index in [1.807, 2.05) is 0 Å². The van der Waals surface area contributed by atoms with Crippen LogP contribution in [-0.2, 0) is 14.6 Å². The quantitative estimate of drug-likeness (QED) is 0.380. The highest BCUT2D eigenvalue weighted by Gasteiger charge is 2.62. The van der Waals surface area contributed by atoms with Gasteiger partial charge in [0.05, 0.1) is 11.0 Å². The van der Waals surface area contributed by atoms with E-state index in [2.05, 4.69) is 27.7 Å². The smallest absolute Gasteiger partial charge is 0.185 e. The third kappa shape index (κ3) is 4.93. The number of aliphatic hydroxyl groups is 1. The van der Waals surface area contributed by atoms with Gasteiger partial charge in [-0.2, -0.15) is 0 Å². The Bertz CT molecular complexity index is 1100. The maximum atomic E-state index is 12.8. The summed E-state index contributed by atoms with van der Waals surface area (Å²) in [7, 11) is -3.56. The van der Waals surface area contributed by atoms with E-state index in [9.17, 15) is 18.3 Å². The third-order valence-corrected chi connectivity index (χ3v) is 14.1. The second-order valence-electron chi connectivity index (χ2n) is 14.2. The highest BCUT2D eigenvalue weighted by molar-refractivity contribution is 7.92. The molecule has 0 aliphatic heterocycles. The van der Waals surface area contributed by atoms with E-state index in [1.54, 1.807) is 30.3 Å². The Labute approximate surface area is 231 Å². The van der Waals surface area contributed by atoms with Crippen molar-refractivity contribution >= 4 is 15.6 Å². The van der Waals surface area contributed by atoms with Crippen molar-refractivity contribution in [1.29, 1.82) is 0 Å². The first-order valence-corrected chi connectivity index (χ1v) is 17.1. The molecule has 1 aromatic rings. The van der Waals surface area contributed by atoms with E-state index in [1.165, 1.54) is 44.9 Å². The van der Waals surface area contributed by atoms with Gasteiger partial charge in [0.25, 0.3) is 0 Å². The van der Waals surface area contributed by atoms with Crippen molar-refractivity contribution in [3.63, 3.8) is 0 Å². The molecule has 0 aromatic heterocycles. The van der Waals surface area contributed by atoms with E-state index >= 15 is 0 Å². The summed E-state index contributed by atoms with van der Waals surface area (Å²) < 4.78 is 25.4. The van der Waals surface area contributed by atoms with Crippen LogP contribution in [-0.4, -0.2) is 31.2 Å². The molecule has 4 fully saturated rings. The van der Waals surface area contributed by atoms with Gasteiger partial charge in [-0.3, -0.25) is 4.79 Å². The van der Waals surface area contributed by atoms with Crippen molar-refractivity contribution in [3.8, 4) is 0 Å². The zero-order chi connectivity index (χ0) is 27.3. The molecule has 0 spiro atoms. The van der Waals surface area contributed by atoms with E-state index < -0.39 is 9.84 Å². The predicted octanol–water partition coefficient (Wildman–Crippen LogP) is 7.10. The molecule has 0 amide bonds. The van der Waals surface area contributed by atoms with Gasteiger partial charge in [-0.05, 0) is 122 Å². The Kier molecular flexibility index (Phi) is 7.94. The van der Waals surface area contributed by atoms with Gasteiger partial charge < -0.3 is 5.11 Å². The monoisotopic (exact) mass is 542 g/mol. The number of carbonyl (C=O) groups excluding carboxylic acids is 1. The first-order chi connectivity index (χ1) is 18.0. The standard InChI is InChI=1S/C33H50O4S/c1-5-23-19-27-29-14-13-28(22(2)11-12-25(35)21-38(36,37)26-9-7-6-8-10-26)32(29,3)18-16-30(27)33(4)17-15-24(34)20-31(23)33/h6-10,22-24,27-31,34H,5,11-21H2,1-4H3/t22-,23+,24-,27+,28-,29+,30+,31+,32-,33-/m1/s1. The maximum Gasteiger partial charge on any atom is 0.185 e. The van der Waals surface area contributed by atoms with Crippen molar-refractivity contribution in [1.82, 2.24) is 0 Å². The zero-order valence-corrected chi connectivity index (χ0v) is 24.9. The first-order valence-electron chi connectivity index (χ1n) is 15.5. The summed E-state index contributed by atoms with van der Waals surface area (Å²) >= 11 is 0. The summed E-state index contributed by atoms with van der Waals surface area (Å²) in [5, 5.41) is 10.5. The number of hydrogen-bond donors (Lipinski definition) is 1. The van der Waals surface area contributed by atoms with Crippen LogP contribution in [0.5, 0.6) is 0 Å². The summed E-state index contributed by atoms with van der Waals surface area (Å²) in [5.74, 6) is 4.28. The fourth-order valence-electron chi connectivity index (χ4n) is 10.5. The van der Waals surface area contributed by atoms with Gasteiger partial charge in [-0.1, -0.05) is 52.3 Å². The number of hydrogen-bond acceptors (Lipinski definition) is 4. The van der Waals surface area contributed by atoms with Crippen LogP contribution in [0.1, 0.15) is 98.3 Å². The lowest BCUT2D eigenvalue weighted by Crippen LogP contribution is -2.56. The molecule has 38 heavy (non-hydrogen) atoms. The van der Waals surface area contributed by atoms with Gasteiger partial charge in [0.1, 0.15) is 11.5 Å². The molecule has 4 saturated carbocycles. The highest BCUT2D eigenvalue weighted by Crippen LogP contribution is 2.69. The van der Waals surface area contributed by atoms with E-state index in [0.717, 1.165) is 42.9 Å². The van der Waals surface area contributed by atoms with E-state index in [-0.39, 0.29) is 22.5 Å². The predicted molar refractivity (Wildman–Crippen MR) is 152 cm³/mol. The molecule has 212 valence electrons. The van der Waals surface area contributed by atoms with Crippen LogP contribution < -0.4 is 0 Å². The minimum Gasteiger partial charge on any atom is -0.393 e. The molecule has 4 aliphatic carbocycles. The summed E-state index contributed by atoms with van der Waals surface area (Å²) in [6, 6.07) is 8.36. The zero-order valence-electron chi connectivity index (χ0n) is 24.1. The molecule has 0 heterocycles. The summed E-state index contributed by atoms with van der Waals surface area (Å²) in [6.45, 7) is 9.82. The van der Waals surface area contributed by atoms with Crippen LogP contribution in [0, 0.1) is 52.3 Å². The number of sulfone groups is 1. The van der Waals surface area contributed by atoms with Gasteiger partial charge in [0.15, 0.2) is 9.84 Å². The molecule has 0 saturated heterocycles. The Hall–Kier alpha value is -1.20. The van der Waals surface area contributed by atoms with Gasteiger partial charge >= 0.3 is 0 Å². The van der Waals surface area contributed by atoms with Gasteiger partial charge in [-0.25, -0.2) is 8.42 Å². The molecule has 5 heteroatoms. The van der Waals surface area contributed by atoms with Crippen LogP contribution in [0.2, 0.25) is 0 Å². The molecular formula is C33H50O4S. The Morgan fingerprint density at radius 1 is 0.974 bits per heavy atom. The molecule has 1 aromatic carbocycles. The normalized spacial score (nSPS) is 41.6. The number of carbonyl (C=O) groups is 1. The largest absolute Gasteiger partial charge is 0.393 e. The van der Waals surface area contributed by atoms with Crippen LogP contribution in [0.3, 0.4) is 0 Å². The molecule has 4 nitrogen and oxygen atoms in total. The molecule has 0 unspecified atom stereocenters. The number of benzene rings is 1. The molecular weight excluding hydrogens is 492 g/mol. The highest BCUT2D eigenvalue weighted by atomic mass is 32.2. The van der Waals surface area contributed by atoms with Crippen molar-refractivity contribution in [3.05, 3.63) is 30.3 Å². The number of fused-ring (bicyclic) bond motifs is 5. The van der Waals surface area contributed by atoms with Crippen molar-refractivity contribution in [2.45, 2.75) is 109 Å². The molecule has 5 rings (SSSR count). The van der Waals surface area contributed by atoms with E-state index in [4.69, 9.17) is 0 Å². The summed E-state index contributed by atoms with van der Waals surface area (Å²) in [6.07, 6.45) is 11.9. The second kappa shape index (κ2) is 10.7. The van der Waals surface area contributed by atoms with Crippen molar-refractivity contribution in [2.75, 3.05) is 5.75 Å². The van der Waals surface area contributed by atoms with Crippen molar-refractivity contribution < 1.29 is 18.3 Å². The average Bonchev–Trinajstić information content (AvgIpc) is 3.25. The molecule has 0 bridgehead atoms. The Balaban J connectivity index is 1.24. The minimum absolute atomic E-state index is 0.102. The number of ketones is 1. The molecule has 4 aliphatic rings. The summed E-state index contributed by atoms with van der Waals surface area (Å²) in [4.78, 5) is 13.0. The van der Waals surface area contributed by atoms with Gasteiger partial charge in [-0.15, -0.1) is 0 Å². The van der Waals surface area contributed by atoms with Crippen molar-refractivity contribution in [2.24, 2.45) is 52.3 Å². The molecule has 10 atom stereocenters. The average molecular weight is 543 g/mol. The van der Waals surface area contributed by atoms with Crippen LogP contribution in [0.25, 0.3) is 0 Å². The maximum absolute atomic E-state index is 12.8. The van der Waals surface area contributed by atoms with Crippen LogP contribution >= 0.6 is 0 Å². The lowest BCUT2D eigenvalue weighted by Gasteiger charge is -2.63. The molecule has 1 N–H and O–H groups in total. The van der Waals surface area contributed by atoms with E-state index in [0.29, 0.717) is 35.0 Å². The fourth-order valence-corrected chi connectivity index (χ4v) is 11.8. The third-order valence-electron chi connectivity index (χ3n) is 12.4. The second-order valence-corrected chi connectivity index (χ2v) is 16.2. The van der Waals surface area contributed by atoms with Crippen LogP contribution in [0.15, 0.2) is 35.2 Å². The van der Waals surface area contributed by atoms with Gasteiger partial charge in [0.2, 0.25) is 0 Å². The lowest BCUT2D eigenvalue weighted by molar-refractivity contribution is -0.152. The molecule has 0 radical (unpaired) electrons. The Morgan fingerprint density at radius 2 is 1.66 bits per heavy atom. The lowest BCUT2D eigenvalue weighted by atomic mass is 9.42. The number of rotatable bonds is 8. The number of aliphatic hydroxyl groups excluding tert-OH is 1. The van der Waals surface area contributed by atoms with Gasteiger partial charge in [0, 0.05) is 6.42 Å².